The molecular weight excluding hydrogens is 354 g/mol. The molecule has 10 heteroatoms. The number of primary amides is 2. The van der Waals surface area contributed by atoms with Crippen molar-refractivity contribution in [1.82, 2.24) is 15.0 Å². The second-order valence-corrected chi connectivity index (χ2v) is 6.37. The first-order chi connectivity index (χ1) is 12.5. The monoisotopic (exact) mass is 371 g/mol. The molecule has 6 N–H and O–H groups in total. The highest BCUT2D eigenvalue weighted by Crippen LogP contribution is 2.25. The molecule has 0 aliphatic rings. The molecule has 0 fully saturated rings. The summed E-state index contributed by atoms with van der Waals surface area (Å²) < 4.78 is 1.04. The van der Waals surface area contributed by atoms with Gasteiger partial charge < -0.3 is 22.1 Å². The number of nitrogens with two attached hydrogens (primary N) is 2. The third kappa shape index (κ3) is 3.70. The maximum absolute atomic E-state index is 11.7. The number of carbonyl (C=O) groups is 2. The van der Waals surface area contributed by atoms with E-state index in [1.54, 1.807) is 5.51 Å². The summed E-state index contributed by atoms with van der Waals surface area (Å²) in [4.78, 5) is 35.6. The van der Waals surface area contributed by atoms with Crippen LogP contribution in [0.1, 0.15) is 23.7 Å². The number of amides is 2. The molecule has 0 bridgehead atoms. The van der Waals surface area contributed by atoms with Gasteiger partial charge in [-0.05, 0) is 24.6 Å². The van der Waals surface area contributed by atoms with E-state index in [2.05, 4.69) is 25.6 Å². The lowest BCUT2D eigenvalue weighted by Crippen LogP contribution is -2.35. The van der Waals surface area contributed by atoms with Gasteiger partial charge in [-0.15, -0.1) is 11.3 Å². The molecule has 2 amide bonds. The van der Waals surface area contributed by atoms with E-state index < -0.39 is 17.9 Å². The second-order valence-electron chi connectivity index (χ2n) is 5.49. The largest absolute Gasteiger partial charge is 0.368 e. The summed E-state index contributed by atoms with van der Waals surface area (Å²) in [5, 5.41) is 5.90. The van der Waals surface area contributed by atoms with Crippen molar-refractivity contribution in [3.63, 3.8) is 0 Å². The van der Waals surface area contributed by atoms with Gasteiger partial charge in [-0.3, -0.25) is 9.59 Å². The fraction of sp³-hybridized carbons (Fsp3) is 0.188. The molecule has 2 heterocycles. The summed E-state index contributed by atoms with van der Waals surface area (Å²) in [6.45, 7) is 1.81. The Kier molecular flexibility index (Phi) is 4.94. The summed E-state index contributed by atoms with van der Waals surface area (Å²) >= 11 is 1.53. The Morgan fingerprint density at radius 2 is 2.08 bits per heavy atom. The first kappa shape index (κ1) is 17.5. The molecule has 0 aliphatic carbocycles. The molecule has 3 rings (SSSR count). The number of nitrogens with zero attached hydrogens (tertiary/aromatic N) is 3. The predicted molar refractivity (Wildman–Crippen MR) is 100 cm³/mol. The van der Waals surface area contributed by atoms with Crippen molar-refractivity contribution in [3.8, 4) is 0 Å². The van der Waals surface area contributed by atoms with Crippen LogP contribution in [0.25, 0.3) is 10.2 Å². The van der Waals surface area contributed by atoms with Crippen LogP contribution in [0.15, 0.2) is 29.9 Å². The smallest absolute Gasteiger partial charge is 0.254 e. The van der Waals surface area contributed by atoms with Crippen molar-refractivity contribution in [1.29, 1.82) is 0 Å². The molecule has 0 spiro atoms. The van der Waals surface area contributed by atoms with Crippen LogP contribution in [0.3, 0.4) is 0 Å². The minimum Gasteiger partial charge on any atom is -0.368 e. The average molecular weight is 371 g/mol. The number of thiazole rings is 1. The standard InChI is InChI=1S/C16H17N7O2S/c1-2-10(14(18)25)22-16-19-6-9(13(17)24)15(23-16)21-8-3-4-12-11(5-8)20-7-26-12/h3-7,10H,2H2,1H3,(H2,17,24)(H2,18,25)(H2,19,21,22,23). The Balaban J connectivity index is 1.93. The van der Waals surface area contributed by atoms with E-state index in [4.69, 9.17) is 11.5 Å². The maximum atomic E-state index is 11.7. The number of aromatic nitrogens is 3. The number of rotatable bonds is 7. The third-order valence-corrected chi connectivity index (χ3v) is 4.51. The SMILES string of the molecule is CCC(Nc1ncc(C(N)=O)c(Nc2ccc3scnc3c2)n1)C(N)=O. The normalized spacial score (nSPS) is 11.9. The number of benzene rings is 1. The Morgan fingerprint density at radius 3 is 2.77 bits per heavy atom. The molecular formula is C16H17N7O2S. The molecule has 1 atom stereocenters. The first-order valence-electron chi connectivity index (χ1n) is 7.81. The van der Waals surface area contributed by atoms with Gasteiger partial charge in [-0.25, -0.2) is 9.97 Å². The molecule has 0 saturated carbocycles. The van der Waals surface area contributed by atoms with Crippen LogP contribution in [0.4, 0.5) is 17.5 Å². The van der Waals surface area contributed by atoms with Crippen LogP contribution in [-0.2, 0) is 4.79 Å². The van der Waals surface area contributed by atoms with Gasteiger partial charge in [0.1, 0.15) is 17.4 Å². The Morgan fingerprint density at radius 1 is 1.27 bits per heavy atom. The lowest BCUT2D eigenvalue weighted by atomic mass is 10.2. The topological polar surface area (TPSA) is 149 Å². The van der Waals surface area contributed by atoms with Gasteiger partial charge in [0.2, 0.25) is 11.9 Å². The molecule has 0 aliphatic heterocycles. The maximum Gasteiger partial charge on any atom is 0.254 e. The minimum absolute atomic E-state index is 0.126. The van der Waals surface area contributed by atoms with E-state index >= 15 is 0 Å². The van der Waals surface area contributed by atoms with Gasteiger partial charge in [0.05, 0.1) is 15.7 Å². The van der Waals surface area contributed by atoms with Crippen molar-refractivity contribution < 1.29 is 9.59 Å². The Labute approximate surface area is 152 Å². The highest BCUT2D eigenvalue weighted by molar-refractivity contribution is 7.16. The average Bonchev–Trinajstić information content (AvgIpc) is 3.07. The zero-order valence-corrected chi connectivity index (χ0v) is 14.7. The Bertz CT molecular complexity index is 972. The van der Waals surface area contributed by atoms with E-state index in [1.165, 1.54) is 17.5 Å². The van der Waals surface area contributed by atoms with Crippen LogP contribution >= 0.6 is 11.3 Å². The number of hydrogen-bond acceptors (Lipinski definition) is 8. The highest BCUT2D eigenvalue weighted by Gasteiger charge is 2.17. The molecule has 26 heavy (non-hydrogen) atoms. The molecule has 3 aromatic rings. The number of anilines is 3. The Hall–Kier alpha value is -3.27. The fourth-order valence-corrected chi connectivity index (χ4v) is 2.99. The van der Waals surface area contributed by atoms with Gasteiger partial charge >= 0.3 is 0 Å². The van der Waals surface area contributed by atoms with E-state index in [1.807, 2.05) is 25.1 Å². The second kappa shape index (κ2) is 7.31. The first-order valence-corrected chi connectivity index (χ1v) is 8.69. The predicted octanol–water partition coefficient (Wildman–Crippen LogP) is 1.60. The van der Waals surface area contributed by atoms with Crippen molar-refractivity contribution in [2.45, 2.75) is 19.4 Å². The molecule has 1 aromatic carbocycles. The minimum atomic E-state index is -0.671. The van der Waals surface area contributed by atoms with Gasteiger partial charge in [0.15, 0.2) is 0 Å². The van der Waals surface area contributed by atoms with Gasteiger partial charge in [-0.2, -0.15) is 4.98 Å². The summed E-state index contributed by atoms with van der Waals surface area (Å²) in [6, 6.07) is 4.98. The van der Waals surface area contributed by atoms with E-state index in [0.717, 1.165) is 10.2 Å². The van der Waals surface area contributed by atoms with Crippen molar-refractivity contribution in [3.05, 3.63) is 35.5 Å². The van der Waals surface area contributed by atoms with E-state index in [9.17, 15) is 9.59 Å². The van der Waals surface area contributed by atoms with Crippen molar-refractivity contribution >= 4 is 50.8 Å². The van der Waals surface area contributed by atoms with Gasteiger partial charge in [-0.1, -0.05) is 6.92 Å². The molecule has 1 unspecified atom stereocenters. The number of hydrogen-bond donors (Lipinski definition) is 4. The van der Waals surface area contributed by atoms with Gasteiger partial charge in [0, 0.05) is 11.9 Å². The number of nitrogens with one attached hydrogen (secondary N) is 2. The number of carbonyl (C=O) groups excluding carboxylic acids is 2. The summed E-state index contributed by atoms with van der Waals surface area (Å²) in [5.74, 6) is -0.795. The highest BCUT2D eigenvalue weighted by atomic mass is 32.1. The lowest BCUT2D eigenvalue weighted by molar-refractivity contribution is -0.118. The summed E-state index contributed by atoms with van der Waals surface area (Å²) in [5.41, 5.74) is 14.1. The van der Waals surface area contributed by atoms with Gasteiger partial charge in [0.25, 0.3) is 5.91 Å². The van der Waals surface area contributed by atoms with Crippen molar-refractivity contribution in [2.24, 2.45) is 11.5 Å². The van der Waals surface area contributed by atoms with Crippen LogP contribution in [0.5, 0.6) is 0 Å². The molecule has 0 saturated heterocycles. The molecule has 9 nitrogen and oxygen atoms in total. The molecule has 2 aromatic heterocycles. The molecule has 0 radical (unpaired) electrons. The van der Waals surface area contributed by atoms with Crippen molar-refractivity contribution in [2.75, 3.05) is 10.6 Å². The van der Waals surface area contributed by atoms with Crippen LogP contribution in [0.2, 0.25) is 0 Å². The fourth-order valence-electron chi connectivity index (χ4n) is 2.33. The van der Waals surface area contributed by atoms with Crippen LogP contribution in [0, 0.1) is 0 Å². The van der Waals surface area contributed by atoms with E-state index in [-0.39, 0.29) is 17.3 Å². The summed E-state index contributed by atoms with van der Waals surface area (Å²) in [7, 11) is 0. The van der Waals surface area contributed by atoms with Crippen LogP contribution < -0.4 is 22.1 Å². The third-order valence-electron chi connectivity index (χ3n) is 3.70. The number of fused-ring (bicyclic) bond motifs is 1. The van der Waals surface area contributed by atoms with Crippen LogP contribution in [-0.4, -0.2) is 32.8 Å². The van der Waals surface area contributed by atoms with E-state index in [0.29, 0.717) is 12.1 Å². The summed E-state index contributed by atoms with van der Waals surface area (Å²) in [6.07, 6.45) is 1.77. The molecule has 134 valence electrons. The quantitative estimate of drug-likeness (QED) is 0.493. The lowest BCUT2D eigenvalue weighted by Gasteiger charge is -2.15. The zero-order chi connectivity index (χ0) is 18.7. The zero-order valence-electron chi connectivity index (χ0n) is 13.9.